The van der Waals surface area contributed by atoms with Crippen molar-refractivity contribution in [3.63, 3.8) is 0 Å². The van der Waals surface area contributed by atoms with Crippen molar-refractivity contribution in [2.75, 3.05) is 0 Å². The second kappa shape index (κ2) is 16.2. The average molecular weight is 829 g/mol. The van der Waals surface area contributed by atoms with E-state index in [1.165, 1.54) is 10.9 Å². The topological polar surface area (TPSA) is 35.0 Å². The molecule has 0 fully saturated rings. The third-order valence-electron chi connectivity index (χ3n) is 12.5. The van der Waals surface area contributed by atoms with Crippen molar-refractivity contribution < 1.29 is 4.74 Å². The van der Waals surface area contributed by atoms with E-state index in [2.05, 4.69) is 206 Å². The van der Waals surface area contributed by atoms with Crippen LogP contribution in [0.2, 0.25) is 0 Å². The molecule has 0 N–H and O–H groups in total. The maximum absolute atomic E-state index is 6.99. The van der Waals surface area contributed by atoms with Crippen molar-refractivity contribution in [2.24, 2.45) is 0 Å². The third kappa shape index (κ3) is 7.06. The maximum atomic E-state index is 6.99. The van der Waals surface area contributed by atoms with E-state index in [1.54, 1.807) is 0 Å². The van der Waals surface area contributed by atoms with Gasteiger partial charge in [0.2, 0.25) is 0 Å². The lowest BCUT2D eigenvalue weighted by molar-refractivity contribution is 0.489. The van der Waals surface area contributed by atoms with Gasteiger partial charge < -0.3 is 4.74 Å². The summed E-state index contributed by atoms with van der Waals surface area (Å²) in [6.45, 7) is 0. The summed E-state index contributed by atoms with van der Waals surface area (Å²) in [5.74, 6) is 2.46. The molecule has 0 spiro atoms. The number of fused-ring (bicyclic) bond motifs is 2. The Balaban J connectivity index is 1.00. The Bertz CT molecular complexity index is 3470. The molecule has 3 nitrogen and oxygen atoms in total. The van der Waals surface area contributed by atoms with Gasteiger partial charge in [0.05, 0.1) is 11.4 Å². The van der Waals surface area contributed by atoms with Gasteiger partial charge in [0.15, 0.2) is 5.82 Å². The van der Waals surface area contributed by atoms with Gasteiger partial charge in [-0.05, 0) is 91.4 Å². The van der Waals surface area contributed by atoms with Crippen LogP contribution in [0.25, 0.3) is 111 Å². The molecule has 12 rings (SSSR count). The van der Waals surface area contributed by atoms with Gasteiger partial charge in [-0.1, -0.05) is 212 Å². The van der Waals surface area contributed by atoms with E-state index in [9.17, 15) is 0 Å². The zero-order valence-electron chi connectivity index (χ0n) is 35.4. The summed E-state index contributed by atoms with van der Waals surface area (Å²) in [5.41, 5.74) is 18.4. The van der Waals surface area contributed by atoms with E-state index in [0.717, 1.165) is 106 Å². The molecule has 11 aromatic rings. The van der Waals surface area contributed by atoms with E-state index >= 15 is 0 Å². The van der Waals surface area contributed by atoms with Gasteiger partial charge in [-0.2, -0.15) is 0 Å². The van der Waals surface area contributed by atoms with Crippen LogP contribution < -0.4 is 4.74 Å². The summed E-state index contributed by atoms with van der Waals surface area (Å²) in [7, 11) is 0. The minimum absolute atomic E-state index is 0.704. The maximum Gasteiger partial charge on any atom is 0.160 e. The van der Waals surface area contributed by atoms with Crippen LogP contribution >= 0.6 is 0 Å². The first kappa shape index (κ1) is 38.0. The first-order valence-electron chi connectivity index (χ1n) is 22.1. The highest BCUT2D eigenvalue weighted by molar-refractivity contribution is 6.07. The molecule has 10 aromatic carbocycles. The molecular formula is C62H40N2O. The Morgan fingerprint density at radius 3 is 1.45 bits per heavy atom. The number of hydrogen-bond acceptors (Lipinski definition) is 3. The summed E-state index contributed by atoms with van der Waals surface area (Å²) in [4.78, 5) is 10.1. The molecule has 1 aliphatic heterocycles. The zero-order valence-corrected chi connectivity index (χ0v) is 35.4. The second-order valence-corrected chi connectivity index (χ2v) is 16.5. The predicted molar refractivity (Wildman–Crippen MR) is 269 cm³/mol. The first-order chi connectivity index (χ1) is 32.2. The highest BCUT2D eigenvalue weighted by atomic mass is 16.5. The molecule has 1 aromatic heterocycles. The molecule has 2 heterocycles. The summed E-state index contributed by atoms with van der Waals surface area (Å²) in [6.07, 6.45) is 0. The van der Waals surface area contributed by atoms with Crippen molar-refractivity contribution in [1.29, 1.82) is 0 Å². The minimum atomic E-state index is 0.704. The highest BCUT2D eigenvalue weighted by Gasteiger charge is 2.26. The number of ether oxygens (including phenoxy) is 1. The van der Waals surface area contributed by atoms with Gasteiger partial charge in [-0.15, -0.1) is 0 Å². The molecule has 0 aliphatic carbocycles. The number of para-hydroxylation sites is 1. The Kier molecular flexibility index (Phi) is 9.50. The van der Waals surface area contributed by atoms with Crippen LogP contribution in [-0.2, 0) is 0 Å². The van der Waals surface area contributed by atoms with Crippen molar-refractivity contribution >= 4 is 10.8 Å². The van der Waals surface area contributed by atoms with Crippen LogP contribution in [0.15, 0.2) is 243 Å². The van der Waals surface area contributed by atoms with Crippen LogP contribution in [0.5, 0.6) is 11.5 Å². The van der Waals surface area contributed by atoms with E-state index in [-0.39, 0.29) is 0 Å². The summed E-state index contributed by atoms with van der Waals surface area (Å²) >= 11 is 0. The lowest BCUT2D eigenvalue weighted by Gasteiger charge is -2.25. The molecule has 0 radical (unpaired) electrons. The standard InChI is InChI=1S/C62H40N2O/c1-5-17-41(18-6-1)50-38-54(59(45-21-9-3-10-22-45)55(39-50)53-31-16-30-52-51-29-14-25-46-26-15-32-58(60(46)51)65-61(52)53)49-28-13-27-48(37-49)42-33-35-44(36-34-42)57-40-56(43-19-7-2-8-20-43)63-62(64-57)47-23-11-4-12-24-47/h1-40H. The fourth-order valence-electron chi connectivity index (χ4n) is 9.36. The van der Waals surface area contributed by atoms with Crippen molar-refractivity contribution in [2.45, 2.75) is 0 Å². The van der Waals surface area contributed by atoms with Crippen LogP contribution in [0.1, 0.15) is 0 Å². The molecular weight excluding hydrogens is 789 g/mol. The van der Waals surface area contributed by atoms with Gasteiger partial charge in [0.1, 0.15) is 11.5 Å². The van der Waals surface area contributed by atoms with Crippen LogP contribution in [0.3, 0.4) is 0 Å². The summed E-state index contributed by atoms with van der Waals surface area (Å²) < 4.78 is 6.99. The molecule has 65 heavy (non-hydrogen) atoms. The number of rotatable bonds is 8. The second-order valence-electron chi connectivity index (χ2n) is 16.5. The smallest absolute Gasteiger partial charge is 0.160 e. The zero-order chi connectivity index (χ0) is 43.1. The third-order valence-corrected chi connectivity index (χ3v) is 12.5. The first-order valence-corrected chi connectivity index (χ1v) is 22.1. The van der Waals surface area contributed by atoms with Gasteiger partial charge in [0.25, 0.3) is 0 Å². The number of nitrogens with zero attached hydrogens (tertiary/aromatic N) is 2. The van der Waals surface area contributed by atoms with Gasteiger partial charge in [-0.3, -0.25) is 0 Å². The summed E-state index contributed by atoms with van der Waals surface area (Å²) in [6, 6.07) is 85.9. The quantitative estimate of drug-likeness (QED) is 0.153. The van der Waals surface area contributed by atoms with Crippen LogP contribution in [0.4, 0.5) is 0 Å². The lowest BCUT2D eigenvalue weighted by atomic mass is 9.83. The molecule has 0 unspecified atom stereocenters. The van der Waals surface area contributed by atoms with Crippen molar-refractivity contribution in [3.05, 3.63) is 243 Å². The number of hydrogen-bond donors (Lipinski definition) is 0. The monoisotopic (exact) mass is 828 g/mol. The molecule has 0 saturated heterocycles. The molecule has 0 bridgehead atoms. The fraction of sp³-hybridized carbons (Fsp3) is 0. The molecule has 0 atom stereocenters. The number of aromatic nitrogens is 2. The minimum Gasteiger partial charge on any atom is -0.455 e. The Hall–Kier alpha value is -8.66. The van der Waals surface area contributed by atoms with E-state index in [4.69, 9.17) is 14.7 Å². The van der Waals surface area contributed by atoms with E-state index < -0.39 is 0 Å². The van der Waals surface area contributed by atoms with Gasteiger partial charge in [0, 0.05) is 33.2 Å². The predicted octanol–water partition coefficient (Wildman–Crippen LogP) is 16.7. The van der Waals surface area contributed by atoms with Crippen LogP contribution in [-0.4, -0.2) is 9.97 Å². The van der Waals surface area contributed by atoms with Gasteiger partial charge >= 0.3 is 0 Å². The molecule has 0 amide bonds. The van der Waals surface area contributed by atoms with Crippen molar-refractivity contribution in [3.8, 4) is 112 Å². The Morgan fingerprint density at radius 1 is 0.277 bits per heavy atom. The van der Waals surface area contributed by atoms with Crippen LogP contribution in [0, 0.1) is 0 Å². The van der Waals surface area contributed by atoms with E-state index in [1.807, 2.05) is 36.4 Å². The lowest BCUT2D eigenvalue weighted by Crippen LogP contribution is -2.00. The Labute approximate surface area is 378 Å². The SMILES string of the molecule is c1ccc(-c2cc(-c3cccc(-c4ccc(-c5cc(-c6ccccc6)nc(-c6ccccc6)n5)cc4)c3)c(-c3ccccc3)c(-c3cccc4c3Oc3cccc5cccc-4c35)c2)cc1. The fourth-order valence-corrected chi connectivity index (χ4v) is 9.36. The number of benzene rings is 10. The molecule has 3 heteroatoms. The normalized spacial score (nSPS) is 11.5. The molecule has 0 saturated carbocycles. The highest BCUT2D eigenvalue weighted by Crippen LogP contribution is 2.53. The largest absolute Gasteiger partial charge is 0.455 e. The average Bonchev–Trinajstić information content (AvgIpc) is 3.39. The van der Waals surface area contributed by atoms with E-state index in [0.29, 0.717) is 5.82 Å². The Morgan fingerprint density at radius 2 is 0.754 bits per heavy atom. The summed E-state index contributed by atoms with van der Waals surface area (Å²) in [5, 5.41) is 2.32. The molecule has 304 valence electrons. The molecule has 1 aliphatic rings. The van der Waals surface area contributed by atoms with Gasteiger partial charge in [-0.25, -0.2) is 9.97 Å². The van der Waals surface area contributed by atoms with Crippen molar-refractivity contribution in [1.82, 2.24) is 9.97 Å².